The predicted octanol–water partition coefficient (Wildman–Crippen LogP) is 3.11. The van der Waals surface area contributed by atoms with Crippen LogP contribution in [0, 0.1) is 5.82 Å². The van der Waals surface area contributed by atoms with E-state index >= 15 is 0 Å². The molecule has 3 nitrogen and oxygen atoms in total. The lowest BCUT2D eigenvalue weighted by molar-refractivity contribution is 0.144. The molecule has 0 aliphatic carbocycles. The Balaban J connectivity index is 2.12. The second kappa shape index (κ2) is 5.50. The Morgan fingerprint density at radius 1 is 1.24 bits per heavy atom. The third kappa shape index (κ3) is 2.85. The van der Waals surface area contributed by atoms with Crippen molar-refractivity contribution in [3.8, 4) is 17.1 Å². The highest BCUT2D eigenvalue weighted by Gasteiger charge is 2.07. The predicted molar refractivity (Wildman–Crippen MR) is 61.5 cm³/mol. The molecule has 17 heavy (non-hydrogen) atoms. The van der Waals surface area contributed by atoms with Crippen LogP contribution in [0.5, 0.6) is 5.75 Å². The minimum absolute atomic E-state index is 0.220. The van der Waals surface area contributed by atoms with Gasteiger partial charge in [-0.25, -0.2) is 4.39 Å². The Kier molecular flexibility index (Phi) is 3.77. The summed E-state index contributed by atoms with van der Waals surface area (Å²) in [4.78, 5) is 0. The number of halogens is 1. The van der Waals surface area contributed by atoms with E-state index in [0.717, 1.165) is 0 Å². The fraction of sp³-hybridized carbons (Fsp3) is 0.231. The van der Waals surface area contributed by atoms with Crippen LogP contribution in [0.15, 0.2) is 41.0 Å². The molecule has 0 spiro atoms. The molecule has 0 unspecified atom stereocenters. The topological polar surface area (TPSA) is 31.6 Å². The molecule has 0 N–H and O–H groups in total. The molecule has 4 heteroatoms. The summed E-state index contributed by atoms with van der Waals surface area (Å²) >= 11 is 0. The molecule has 1 aromatic carbocycles. The summed E-state index contributed by atoms with van der Waals surface area (Å²) in [5, 5.41) is 0. The minimum atomic E-state index is -0.407. The van der Waals surface area contributed by atoms with Crippen LogP contribution < -0.4 is 4.74 Å². The molecule has 0 saturated carbocycles. The zero-order valence-corrected chi connectivity index (χ0v) is 9.48. The van der Waals surface area contributed by atoms with Crippen molar-refractivity contribution >= 4 is 0 Å². The lowest BCUT2D eigenvalue weighted by atomic mass is 10.1. The molecule has 1 heterocycles. The minimum Gasteiger partial charge on any atom is -0.488 e. The van der Waals surface area contributed by atoms with Gasteiger partial charge in [-0.1, -0.05) is 0 Å². The van der Waals surface area contributed by atoms with Gasteiger partial charge in [-0.3, -0.25) is 0 Å². The van der Waals surface area contributed by atoms with E-state index in [-0.39, 0.29) is 5.75 Å². The van der Waals surface area contributed by atoms with Crippen LogP contribution in [0.2, 0.25) is 0 Å². The highest BCUT2D eigenvalue weighted by atomic mass is 19.1. The summed E-state index contributed by atoms with van der Waals surface area (Å²) in [7, 11) is 1.57. The first-order valence-electron chi connectivity index (χ1n) is 5.26. The average Bonchev–Trinajstić information content (AvgIpc) is 2.85. The third-order valence-corrected chi connectivity index (χ3v) is 2.28. The van der Waals surface area contributed by atoms with Gasteiger partial charge in [0, 0.05) is 12.7 Å². The molecule has 0 aliphatic rings. The van der Waals surface area contributed by atoms with Crippen LogP contribution in [-0.2, 0) is 4.74 Å². The van der Waals surface area contributed by atoms with Crippen molar-refractivity contribution < 1.29 is 18.3 Å². The van der Waals surface area contributed by atoms with E-state index < -0.39 is 5.82 Å². The van der Waals surface area contributed by atoms with Crippen LogP contribution >= 0.6 is 0 Å². The quantitative estimate of drug-likeness (QED) is 0.747. The molecule has 0 amide bonds. The molecule has 2 aromatic rings. The second-order valence-corrected chi connectivity index (χ2v) is 3.46. The Bertz CT molecular complexity index is 466. The Labute approximate surface area is 98.8 Å². The van der Waals surface area contributed by atoms with Crippen LogP contribution in [-0.4, -0.2) is 20.3 Å². The largest absolute Gasteiger partial charge is 0.488 e. The Morgan fingerprint density at radius 3 is 2.76 bits per heavy atom. The Hall–Kier alpha value is -1.81. The molecular weight excluding hydrogens is 223 g/mol. The molecule has 2 rings (SSSR count). The van der Waals surface area contributed by atoms with Crippen molar-refractivity contribution in [3.63, 3.8) is 0 Å². The van der Waals surface area contributed by atoms with Gasteiger partial charge in [-0.05, 0) is 30.3 Å². The van der Waals surface area contributed by atoms with E-state index in [1.54, 1.807) is 37.6 Å². The second-order valence-electron chi connectivity index (χ2n) is 3.46. The van der Waals surface area contributed by atoms with E-state index in [1.807, 2.05) is 0 Å². The molecule has 0 bridgehead atoms. The smallest absolute Gasteiger partial charge is 0.165 e. The molecule has 0 fully saturated rings. The van der Waals surface area contributed by atoms with E-state index in [1.165, 1.54) is 6.07 Å². The molecule has 1 aromatic heterocycles. The molecule has 0 saturated heterocycles. The van der Waals surface area contributed by atoms with Crippen molar-refractivity contribution in [1.29, 1.82) is 0 Å². The lowest BCUT2D eigenvalue weighted by Crippen LogP contribution is -2.05. The zero-order valence-electron chi connectivity index (χ0n) is 9.48. The summed E-state index contributed by atoms with van der Waals surface area (Å²) in [6, 6.07) is 8.27. The highest BCUT2D eigenvalue weighted by molar-refractivity contribution is 5.58. The molecule has 0 atom stereocenters. The molecule has 0 radical (unpaired) electrons. The first kappa shape index (κ1) is 11.7. The molecule has 90 valence electrons. The van der Waals surface area contributed by atoms with Gasteiger partial charge < -0.3 is 13.9 Å². The summed E-state index contributed by atoms with van der Waals surface area (Å²) in [6.45, 7) is 0.757. The summed E-state index contributed by atoms with van der Waals surface area (Å²) in [5.41, 5.74) is 0.687. The van der Waals surface area contributed by atoms with Gasteiger partial charge in [0.2, 0.25) is 0 Å². The molecular formula is C13H13FO3. The van der Waals surface area contributed by atoms with Gasteiger partial charge in [0.15, 0.2) is 11.6 Å². The average molecular weight is 236 g/mol. The fourth-order valence-corrected chi connectivity index (χ4v) is 1.45. The standard InChI is InChI=1S/C13H13FO3/c1-15-7-8-17-13-5-4-10(9-11(13)14)12-3-2-6-16-12/h2-6,9H,7-8H2,1H3. The number of hydrogen-bond donors (Lipinski definition) is 0. The first-order valence-corrected chi connectivity index (χ1v) is 5.26. The van der Waals surface area contributed by atoms with E-state index in [2.05, 4.69) is 0 Å². The van der Waals surface area contributed by atoms with Gasteiger partial charge in [-0.15, -0.1) is 0 Å². The maximum Gasteiger partial charge on any atom is 0.165 e. The van der Waals surface area contributed by atoms with Crippen molar-refractivity contribution in [2.75, 3.05) is 20.3 Å². The van der Waals surface area contributed by atoms with Crippen LogP contribution in [0.25, 0.3) is 11.3 Å². The normalized spacial score (nSPS) is 10.5. The molecule has 0 aliphatic heterocycles. The summed E-state index contributed by atoms with van der Waals surface area (Å²) in [6.07, 6.45) is 1.55. The maximum absolute atomic E-state index is 13.7. The highest BCUT2D eigenvalue weighted by Crippen LogP contribution is 2.25. The van der Waals surface area contributed by atoms with E-state index in [9.17, 15) is 4.39 Å². The van der Waals surface area contributed by atoms with E-state index in [4.69, 9.17) is 13.9 Å². The summed E-state index contributed by atoms with van der Waals surface area (Å²) < 4.78 is 28.9. The van der Waals surface area contributed by atoms with Gasteiger partial charge in [-0.2, -0.15) is 0 Å². The van der Waals surface area contributed by atoms with Crippen molar-refractivity contribution in [1.82, 2.24) is 0 Å². The van der Waals surface area contributed by atoms with Crippen molar-refractivity contribution in [3.05, 3.63) is 42.4 Å². The van der Waals surface area contributed by atoms with Gasteiger partial charge >= 0.3 is 0 Å². The summed E-state index contributed by atoms with van der Waals surface area (Å²) in [5.74, 6) is 0.444. The maximum atomic E-state index is 13.7. The fourth-order valence-electron chi connectivity index (χ4n) is 1.45. The number of hydrogen-bond acceptors (Lipinski definition) is 3. The van der Waals surface area contributed by atoms with E-state index in [0.29, 0.717) is 24.5 Å². The monoisotopic (exact) mass is 236 g/mol. The third-order valence-electron chi connectivity index (χ3n) is 2.28. The van der Waals surface area contributed by atoms with Gasteiger partial charge in [0.05, 0.1) is 12.9 Å². The Morgan fingerprint density at radius 2 is 2.12 bits per heavy atom. The number of benzene rings is 1. The number of rotatable bonds is 5. The van der Waals surface area contributed by atoms with Gasteiger partial charge in [0.1, 0.15) is 12.4 Å². The van der Waals surface area contributed by atoms with Crippen LogP contribution in [0.3, 0.4) is 0 Å². The van der Waals surface area contributed by atoms with Crippen LogP contribution in [0.1, 0.15) is 0 Å². The number of methoxy groups -OCH3 is 1. The van der Waals surface area contributed by atoms with Crippen LogP contribution in [0.4, 0.5) is 4.39 Å². The van der Waals surface area contributed by atoms with Crippen molar-refractivity contribution in [2.24, 2.45) is 0 Å². The lowest BCUT2D eigenvalue weighted by Gasteiger charge is -2.07. The van der Waals surface area contributed by atoms with Crippen molar-refractivity contribution in [2.45, 2.75) is 0 Å². The number of furan rings is 1. The SMILES string of the molecule is COCCOc1ccc(-c2ccco2)cc1F. The zero-order chi connectivity index (χ0) is 12.1. The number of ether oxygens (including phenoxy) is 2. The first-order chi connectivity index (χ1) is 8.31. The van der Waals surface area contributed by atoms with Gasteiger partial charge in [0.25, 0.3) is 0 Å².